The SMILES string of the molecule is CC1CCC(CN2CCN(c3ccccc3F)CC2)O1. The first-order chi connectivity index (χ1) is 9.72. The van der Waals surface area contributed by atoms with Gasteiger partial charge in [-0.15, -0.1) is 0 Å². The molecule has 0 saturated carbocycles. The van der Waals surface area contributed by atoms with E-state index in [0.717, 1.165) is 38.4 Å². The maximum atomic E-state index is 13.8. The Morgan fingerprint density at radius 1 is 1.15 bits per heavy atom. The summed E-state index contributed by atoms with van der Waals surface area (Å²) < 4.78 is 19.6. The van der Waals surface area contributed by atoms with E-state index in [1.54, 1.807) is 6.07 Å². The molecule has 2 unspecified atom stereocenters. The van der Waals surface area contributed by atoms with Crippen molar-refractivity contribution >= 4 is 5.69 Å². The Labute approximate surface area is 120 Å². The minimum absolute atomic E-state index is 0.117. The van der Waals surface area contributed by atoms with Gasteiger partial charge < -0.3 is 9.64 Å². The summed E-state index contributed by atoms with van der Waals surface area (Å²) in [5.41, 5.74) is 0.734. The van der Waals surface area contributed by atoms with Gasteiger partial charge in [0.1, 0.15) is 5.82 Å². The molecule has 4 heteroatoms. The predicted molar refractivity (Wildman–Crippen MR) is 78.6 cm³/mol. The van der Waals surface area contributed by atoms with Gasteiger partial charge in [0.25, 0.3) is 0 Å². The van der Waals surface area contributed by atoms with Gasteiger partial charge in [-0.25, -0.2) is 4.39 Å². The van der Waals surface area contributed by atoms with Crippen LogP contribution < -0.4 is 4.90 Å². The fourth-order valence-corrected chi connectivity index (χ4v) is 3.19. The van der Waals surface area contributed by atoms with E-state index in [1.807, 2.05) is 12.1 Å². The van der Waals surface area contributed by atoms with Gasteiger partial charge in [0, 0.05) is 32.7 Å². The lowest BCUT2D eigenvalue weighted by Crippen LogP contribution is -2.48. The van der Waals surface area contributed by atoms with Crippen molar-refractivity contribution in [2.75, 3.05) is 37.6 Å². The van der Waals surface area contributed by atoms with E-state index in [4.69, 9.17) is 4.74 Å². The van der Waals surface area contributed by atoms with Gasteiger partial charge in [-0.1, -0.05) is 12.1 Å². The van der Waals surface area contributed by atoms with Gasteiger partial charge in [0.05, 0.1) is 17.9 Å². The number of piperazine rings is 1. The second kappa shape index (κ2) is 6.10. The summed E-state index contributed by atoms with van der Waals surface area (Å²) in [6.07, 6.45) is 3.17. The number of hydrogen-bond donors (Lipinski definition) is 0. The number of halogens is 1. The lowest BCUT2D eigenvalue weighted by atomic mass is 10.2. The predicted octanol–water partition coefficient (Wildman–Crippen LogP) is 2.52. The molecule has 0 N–H and O–H groups in total. The molecule has 110 valence electrons. The van der Waals surface area contributed by atoms with E-state index < -0.39 is 0 Å². The average molecular weight is 278 g/mol. The molecule has 0 bridgehead atoms. The van der Waals surface area contributed by atoms with E-state index in [-0.39, 0.29) is 5.82 Å². The summed E-state index contributed by atoms with van der Waals surface area (Å²) in [5.74, 6) is -0.117. The van der Waals surface area contributed by atoms with Crippen LogP contribution >= 0.6 is 0 Å². The first-order valence-corrected chi connectivity index (χ1v) is 7.59. The lowest BCUT2D eigenvalue weighted by Gasteiger charge is -2.37. The molecule has 1 aromatic carbocycles. The van der Waals surface area contributed by atoms with Crippen LogP contribution in [0, 0.1) is 5.82 Å². The number of rotatable bonds is 3. The molecular weight excluding hydrogens is 255 g/mol. The fraction of sp³-hybridized carbons (Fsp3) is 0.625. The van der Waals surface area contributed by atoms with E-state index in [9.17, 15) is 4.39 Å². The monoisotopic (exact) mass is 278 g/mol. The highest BCUT2D eigenvalue weighted by Gasteiger charge is 2.26. The first-order valence-electron chi connectivity index (χ1n) is 7.59. The zero-order valence-corrected chi connectivity index (χ0v) is 12.1. The minimum Gasteiger partial charge on any atom is -0.374 e. The third-order valence-electron chi connectivity index (χ3n) is 4.35. The molecule has 3 nitrogen and oxygen atoms in total. The molecule has 0 aliphatic carbocycles. The summed E-state index contributed by atoms with van der Waals surface area (Å²) in [4.78, 5) is 4.59. The minimum atomic E-state index is -0.117. The maximum Gasteiger partial charge on any atom is 0.146 e. The van der Waals surface area contributed by atoms with Crippen molar-refractivity contribution < 1.29 is 9.13 Å². The first kappa shape index (κ1) is 13.8. The van der Waals surface area contributed by atoms with E-state index in [2.05, 4.69) is 16.7 Å². The summed E-state index contributed by atoms with van der Waals surface area (Å²) in [6, 6.07) is 7.05. The second-order valence-electron chi connectivity index (χ2n) is 5.89. The third kappa shape index (κ3) is 3.13. The standard InChI is InChI=1S/C16H23FN2O/c1-13-6-7-14(20-13)12-18-8-10-19(11-9-18)16-5-3-2-4-15(16)17/h2-5,13-14H,6-12H2,1H3. The van der Waals surface area contributed by atoms with Crippen molar-refractivity contribution in [2.24, 2.45) is 0 Å². The number of hydrogen-bond acceptors (Lipinski definition) is 3. The Kier molecular flexibility index (Phi) is 4.22. The summed E-state index contributed by atoms with van der Waals surface area (Å²) in [6.45, 7) is 6.93. The van der Waals surface area contributed by atoms with Gasteiger partial charge in [-0.2, -0.15) is 0 Å². The Hall–Kier alpha value is -1.13. The Morgan fingerprint density at radius 2 is 1.90 bits per heavy atom. The molecule has 2 fully saturated rings. The molecule has 2 saturated heterocycles. The van der Waals surface area contributed by atoms with Gasteiger partial charge in [0.15, 0.2) is 0 Å². The molecule has 0 aromatic heterocycles. The number of nitrogens with zero attached hydrogens (tertiary/aromatic N) is 2. The molecule has 3 rings (SSSR count). The maximum absolute atomic E-state index is 13.8. The van der Waals surface area contributed by atoms with Gasteiger partial charge in [-0.05, 0) is 31.9 Å². The molecule has 0 spiro atoms. The molecule has 0 amide bonds. The molecule has 1 aromatic rings. The molecule has 20 heavy (non-hydrogen) atoms. The highest BCUT2D eigenvalue weighted by Crippen LogP contribution is 2.22. The molecule has 2 atom stereocenters. The number of para-hydroxylation sites is 1. The van der Waals surface area contributed by atoms with Crippen LogP contribution in [0.2, 0.25) is 0 Å². The quantitative estimate of drug-likeness (QED) is 0.845. The van der Waals surface area contributed by atoms with Gasteiger partial charge in [0.2, 0.25) is 0 Å². The van der Waals surface area contributed by atoms with Crippen molar-refractivity contribution in [1.29, 1.82) is 0 Å². The summed E-state index contributed by atoms with van der Waals surface area (Å²) in [5, 5.41) is 0. The zero-order chi connectivity index (χ0) is 13.9. The number of ether oxygens (including phenoxy) is 1. The van der Waals surface area contributed by atoms with Crippen LogP contribution in [0.1, 0.15) is 19.8 Å². The van der Waals surface area contributed by atoms with Crippen LogP contribution in [-0.2, 0) is 4.74 Å². The van der Waals surface area contributed by atoms with Gasteiger partial charge >= 0.3 is 0 Å². The largest absolute Gasteiger partial charge is 0.374 e. The fourth-order valence-electron chi connectivity index (χ4n) is 3.19. The second-order valence-corrected chi connectivity index (χ2v) is 5.89. The lowest BCUT2D eigenvalue weighted by molar-refractivity contribution is 0.0303. The molecular formula is C16H23FN2O. The Morgan fingerprint density at radius 3 is 2.55 bits per heavy atom. The third-order valence-corrected chi connectivity index (χ3v) is 4.35. The van der Waals surface area contributed by atoms with Crippen molar-refractivity contribution in [3.63, 3.8) is 0 Å². The number of benzene rings is 1. The molecule has 2 heterocycles. The zero-order valence-electron chi connectivity index (χ0n) is 12.1. The highest BCUT2D eigenvalue weighted by atomic mass is 19.1. The van der Waals surface area contributed by atoms with Crippen molar-refractivity contribution in [1.82, 2.24) is 4.90 Å². The molecule has 0 radical (unpaired) electrons. The number of anilines is 1. The normalized spacial score (nSPS) is 28.0. The Bertz CT molecular complexity index is 446. The van der Waals surface area contributed by atoms with Crippen LogP contribution in [0.15, 0.2) is 24.3 Å². The average Bonchev–Trinajstić information content (AvgIpc) is 2.86. The van der Waals surface area contributed by atoms with Crippen molar-refractivity contribution in [3.05, 3.63) is 30.1 Å². The van der Waals surface area contributed by atoms with Crippen LogP contribution in [0.4, 0.5) is 10.1 Å². The van der Waals surface area contributed by atoms with Crippen LogP contribution in [0.5, 0.6) is 0 Å². The summed E-state index contributed by atoms with van der Waals surface area (Å²) >= 11 is 0. The van der Waals surface area contributed by atoms with Crippen molar-refractivity contribution in [2.45, 2.75) is 32.0 Å². The highest BCUT2D eigenvalue weighted by molar-refractivity contribution is 5.47. The van der Waals surface area contributed by atoms with Crippen LogP contribution in [0.3, 0.4) is 0 Å². The topological polar surface area (TPSA) is 15.7 Å². The van der Waals surface area contributed by atoms with Crippen molar-refractivity contribution in [3.8, 4) is 0 Å². The van der Waals surface area contributed by atoms with Crippen LogP contribution in [0.25, 0.3) is 0 Å². The van der Waals surface area contributed by atoms with E-state index in [0.29, 0.717) is 12.2 Å². The summed E-state index contributed by atoms with van der Waals surface area (Å²) in [7, 11) is 0. The van der Waals surface area contributed by atoms with E-state index in [1.165, 1.54) is 18.9 Å². The molecule has 2 aliphatic heterocycles. The van der Waals surface area contributed by atoms with Crippen LogP contribution in [-0.4, -0.2) is 49.8 Å². The van der Waals surface area contributed by atoms with Gasteiger partial charge in [-0.3, -0.25) is 4.90 Å². The Balaban J connectivity index is 1.51. The smallest absolute Gasteiger partial charge is 0.146 e. The molecule has 2 aliphatic rings. The van der Waals surface area contributed by atoms with E-state index >= 15 is 0 Å².